The van der Waals surface area contributed by atoms with Crippen molar-refractivity contribution in [2.24, 2.45) is 0 Å². The lowest BCUT2D eigenvalue weighted by Gasteiger charge is -2.19. The number of carbonyl (C=O) groups is 2. The van der Waals surface area contributed by atoms with Gasteiger partial charge in [-0.3, -0.25) is 4.79 Å². The zero-order valence-corrected chi connectivity index (χ0v) is 9.65. The van der Waals surface area contributed by atoms with Crippen molar-refractivity contribution in [2.45, 2.75) is 19.4 Å². The van der Waals surface area contributed by atoms with Crippen molar-refractivity contribution in [1.82, 2.24) is 4.90 Å². The van der Waals surface area contributed by atoms with E-state index in [-0.39, 0.29) is 13.0 Å². The van der Waals surface area contributed by atoms with Crippen molar-refractivity contribution in [3.05, 3.63) is 35.4 Å². The van der Waals surface area contributed by atoms with Gasteiger partial charge in [0, 0.05) is 6.42 Å². The van der Waals surface area contributed by atoms with Crippen molar-refractivity contribution in [3.8, 4) is 0 Å². The lowest BCUT2D eigenvalue weighted by atomic mass is 10.1. The van der Waals surface area contributed by atoms with Crippen molar-refractivity contribution in [3.63, 3.8) is 0 Å². The molecule has 0 spiro atoms. The van der Waals surface area contributed by atoms with Crippen LogP contribution in [0.15, 0.2) is 18.2 Å². The Hall–Kier alpha value is -1.98. The van der Waals surface area contributed by atoms with Gasteiger partial charge in [-0.25, -0.2) is 18.5 Å². The molecule has 0 N–H and O–H groups in total. The third-order valence-corrected chi connectivity index (χ3v) is 2.77. The summed E-state index contributed by atoms with van der Waals surface area (Å²) in [5.74, 6) is -2.40. The molecule has 18 heavy (non-hydrogen) atoms. The molecule has 1 aliphatic rings. The lowest BCUT2D eigenvalue weighted by molar-refractivity contribution is -0.128. The largest absolute Gasteiger partial charge is 0.446 e. The summed E-state index contributed by atoms with van der Waals surface area (Å²) in [6.07, 6.45) is -0.619. The van der Waals surface area contributed by atoms with Gasteiger partial charge in [-0.1, -0.05) is 13.0 Å². The second-order valence-electron chi connectivity index (χ2n) is 3.88. The maximum atomic E-state index is 13.1. The highest BCUT2D eigenvalue weighted by Crippen LogP contribution is 2.29. The minimum atomic E-state index is -1.02. The zero-order chi connectivity index (χ0) is 13.3. The van der Waals surface area contributed by atoms with E-state index in [9.17, 15) is 18.4 Å². The van der Waals surface area contributed by atoms with Gasteiger partial charge in [0.05, 0.1) is 0 Å². The van der Waals surface area contributed by atoms with E-state index in [4.69, 9.17) is 4.74 Å². The molecule has 0 aromatic heterocycles. The van der Waals surface area contributed by atoms with Crippen LogP contribution in [0.5, 0.6) is 0 Å². The number of rotatable bonds is 2. The summed E-state index contributed by atoms with van der Waals surface area (Å²) in [4.78, 5) is 24.0. The normalized spacial score (nSPS) is 18.9. The quantitative estimate of drug-likeness (QED) is 0.815. The molecule has 2 amide bonds. The van der Waals surface area contributed by atoms with E-state index >= 15 is 0 Å². The standard InChI is InChI=1S/C12H11F2NO3/c1-2-11(16)15-10(6-18-12(15)17)7-3-4-8(13)9(14)5-7/h3-5,10H,2,6H2,1H3/t10-/m1/s1. The van der Waals surface area contributed by atoms with E-state index in [1.165, 1.54) is 6.07 Å². The zero-order valence-electron chi connectivity index (χ0n) is 9.65. The summed E-state index contributed by atoms with van der Waals surface area (Å²) in [6.45, 7) is 1.56. The van der Waals surface area contributed by atoms with Gasteiger partial charge in [-0.15, -0.1) is 0 Å². The van der Waals surface area contributed by atoms with Crippen LogP contribution in [0.4, 0.5) is 13.6 Å². The SMILES string of the molecule is CCC(=O)N1C(=O)OC[C@@H]1c1ccc(F)c(F)c1. The summed E-state index contributed by atoms with van der Waals surface area (Å²) in [7, 11) is 0. The molecule has 0 bridgehead atoms. The number of hydrogen-bond acceptors (Lipinski definition) is 3. The van der Waals surface area contributed by atoms with Crippen LogP contribution < -0.4 is 0 Å². The average molecular weight is 255 g/mol. The summed E-state index contributed by atoms with van der Waals surface area (Å²) in [5.41, 5.74) is 0.335. The maximum Gasteiger partial charge on any atom is 0.417 e. The van der Waals surface area contributed by atoms with E-state index in [1.807, 2.05) is 0 Å². The van der Waals surface area contributed by atoms with Crippen LogP contribution in [0, 0.1) is 11.6 Å². The number of ether oxygens (including phenoxy) is 1. The molecule has 96 valence electrons. The highest BCUT2D eigenvalue weighted by Gasteiger charge is 2.38. The first-order valence-electron chi connectivity index (χ1n) is 5.48. The average Bonchev–Trinajstić information content (AvgIpc) is 2.74. The van der Waals surface area contributed by atoms with E-state index in [0.717, 1.165) is 17.0 Å². The minimum Gasteiger partial charge on any atom is -0.446 e. The first-order valence-corrected chi connectivity index (χ1v) is 5.48. The van der Waals surface area contributed by atoms with Crippen molar-refractivity contribution < 1.29 is 23.1 Å². The number of nitrogens with zero attached hydrogens (tertiary/aromatic N) is 1. The number of benzene rings is 1. The fourth-order valence-corrected chi connectivity index (χ4v) is 1.83. The van der Waals surface area contributed by atoms with E-state index in [1.54, 1.807) is 6.92 Å². The van der Waals surface area contributed by atoms with Crippen LogP contribution in [-0.4, -0.2) is 23.5 Å². The molecule has 1 heterocycles. The molecule has 1 atom stereocenters. The van der Waals surface area contributed by atoms with Gasteiger partial charge in [-0.2, -0.15) is 0 Å². The summed E-state index contributed by atoms with van der Waals surface area (Å²) < 4.78 is 30.7. The van der Waals surface area contributed by atoms with Gasteiger partial charge >= 0.3 is 6.09 Å². The molecule has 1 saturated heterocycles. The molecule has 6 heteroatoms. The predicted octanol–water partition coefficient (Wildman–Crippen LogP) is 2.39. The van der Waals surface area contributed by atoms with Crippen LogP contribution in [0.3, 0.4) is 0 Å². The summed E-state index contributed by atoms with van der Waals surface area (Å²) in [6, 6.07) is 2.57. The van der Waals surface area contributed by atoms with Crippen LogP contribution in [0.25, 0.3) is 0 Å². The second-order valence-corrected chi connectivity index (χ2v) is 3.88. The Morgan fingerprint density at radius 3 is 2.78 bits per heavy atom. The van der Waals surface area contributed by atoms with Gasteiger partial charge in [0.1, 0.15) is 12.6 Å². The molecule has 0 unspecified atom stereocenters. The van der Waals surface area contributed by atoms with Gasteiger partial charge in [0.25, 0.3) is 0 Å². The van der Waals surface area contributed by atoms with Crippen LogP contribution >= 0.6 is 0 Å². The highest BCUT2D eigenvalue weighted by molar-refractivity contribution is 5.93. The number of cyclic esters (lactones) is 1. The summed E-state index contributed by atoms with van der Waals surface area (Å²) >= 11 is 0. The Labute approximate surface area is 102 Å². The number of imide groups is 1. The number of halogens is 2. The van der Waals surface area contributed by atoms with Gasteiger partial charge in [0.2, 0.25) is 5.91 Å². The molecule has 1 fully saturated rings. The Bertz CT molecular complexity index is 504. The molecule has 4 nitrogen and oxygen atoms in total. The molecule has 2 rings (SSSR count). The van der Waals surface area contributed by atoms with Crippen molar-refractivity contribution >= 4 is 12.0 Å². The molecular weight excluding hydrogens is 244 g/mol. The van der Waals surface area contributed by atoms with Gasteiger partial charge in [-0.05, 0) is 17.7 Å². The maximum absolute atomic E-state index is 13.1. The minimum absolute atomic E-state index is 0.0460. The Morgan fingerprint density at radius 2 is 2.17 bits per heavy atom. The third-order valence-electron chi connectivity index (χ3n) is 2.77. The van der Waals surface area contributed by atoms with E-state index in [2.05, 4.69) is 0 Å². The number of hydrogen-bond donors (Lipinski definition) is 0. The molecule has 0 radical (unpaired) electrons. The first kappa shape index (κ1) is 12.5. The molecule has 1 aromatic rings. The molecule has 1 aromatic carbocycles. The van der Waals surface area contributed by atoms with Crippen LogP contribution in [-0.2, 0) is 9.53 Å². The smallest absolute Gasteiger partial charge is 0.417 e. The Balaban J connectivity index is 2.34. The fourth-order valence-electron chi connectivity index (χ4n) is 1.83. The lowest BCUT2D eigenvalue weighted by Crippen LogP contribution is -2.33. The van der Waals surface area contributed by atoms with E-state index < -0.39 is 29.7 Å². The summed E-state index contributed by atoms with van der Waals surface area (Å²) in [5, 5.41) is 0. The van der Waals surface area contributed by atoms with Crippen molar-refractivity contribution in [1.29, 1.82) is 0 Å². The second kappa shape index (κ2) is 4.72. The predicted molar refractivity (Wildman–Crippen MR) is 57.6 cm³/mol. The third kappa shape index (κ3) is 2.05. The van der Waals surface area contributed by atoms with Gasteiger partial charge < -0.3 is 4.74 Å². The van der Waals surface area contributed by atoms with Gasteiger partial charge in [0.15, 0.2) is 11.6 Å². The number of amides is 2. The molecule has 1 aliphatic heterocycles. The molecular formula is C12H11F2NO3. The first-order chi connectivity index (χ1) is 8.54. The van der Waals surface area contributed by atoms with Crippen LogP contribution in [0.2, 0.25) is 0 Å². The fraction of sp³-hybridized carbons (Fsp3) is 0.333. The Morgan fingerprint density at radius 1 is 1.44 bits per heavy atom. The topological polar surface area (TPSA) is 46.6 Å². The van der Waals surface area contributed by atoms with E-state index in [0.29, 0.717) is 5.56 Å². The molecule has 0 aliphatic carbocycles. The highest BCUT2D eigenvalue weighted by atomic mass is 19.2. The van der Waals surface area contributed by atoms with Crippen LogP contribution in [0.1, 0.15) is 24.9 Å². The Kier molecular flexibility index (Phi) is 3.27. The monoisotopic (exact) mass is 255 g/mol. The molecule has 0 saturated carbocycles. The van der Waals surface area contributed by atoms with Crippen molar-refractivity contribution in [2.75, 3.05) is 6.61 Å². The number of carbonyl (C=O) groups excluding carboxylic acids is 2.